The lowest BCUT2D eigenvalue weighted by Crippen LogP contribution is -2.36. The molecular weight excluding hydrogens is 322 g/mol. The molecule has 1 heterocycles. The van der Waals surface area contributed by atoms with Crippen LogP contribution in [-0.4, -0.2) is 51.5 Å². The van der Waals surface area contributed by atoms with Crippen LogP contribution in [0.3, 0.4) is 0 Å². The standard InChI is InChI=1S/C19H27NO5/c1-19(2,3)18(22)25-16(17(21)23-4)13-14-5-7-15(8-6-14)20-9-11-24-12-10-20/h5-8,16H,9-13H2,1-4H3/t16-/m1/s1. The Balaban J connectivity index is 2.05. The molecule has 0 aromatic heterocycles. The van der Waals surface area contributed by atoms with E-state index in [1.165, 1.54) is 7.11 Å². The molecule has 1 aromatic carbocycles. The zero-order valence-corrected chi connectivity index (χ0v) is 15.4. The Hall–Kier alpha value is -2.08. The van der Waals surface area contributed by atoms with E-state index in [4.69, 9.17) is 14.2 Å². The van der Waals surface area contributed by atoms with Crippen molar-refractivity contribution in [3.05, 3.63) is 29.8 Å². The average Bonchev–Trinajstić information content (AvgIpc) is 2.61. The van der Waals surface area contributed by atoms with Crippen LogP contribution in [-0.2, 0) is 30.2 Å². The lowest BCUT2D eigenvalue weighted by atomic mass is 9.97. The van der Waals surface area contributed by atoms with Crippen molar-refractivity contribution in [1.82, 2.24) is 0 Å². The van der Waals surface area contributed by atoms with Gasteiger partial charge in [0.1, 0.15) is 0 Å². The molecule has 0 unspecified atom stereocenters. The second-order valence-corrected chi connectivity index (χ2v) is 7.14. The maximum Gasteiger partial charge on any atom is 0.347 e. The molecule has 0 aliphatic carbocycles. The van der Waals surface area contributed by atoms with E-state index in [-0.39, 0.29) is 6.42 Å². The number of carbonyl (C=O) groups excluding carboxylic acids is 2. The Bertz CT molecular complexity index is 585. The number of carbonyl (C=O) groups is 2. The summed E-state index contributed by atoms with van der Waals surface area (Å²) in [6.45, 7) is 8.45. The zero-order valence-electron chi connectivity index (χ0n) is 15.4. The third-order valence-corrected chi connectivity index (χ3v) is 4.06. The van der Waals surface area contributed by atoms with E-state index in [1.54, 1.807) is 20.8 Å². The van der Waals surface area contributed by atoms with Gasteiger partial charge < -0.3 is 19.1 Å². The molecule has 25 heavy (non-hydrogen) atoms. The topological polar surface area (TPSA) is 65.1 Å². The number of rotatable bonds is 5. The molecule has 6 heteroatoms. The van der Waals surface area contributed by atoms with Crippen molar-refractivity contribution >= 4 is 17.6 Å². The molecule has 0 radical (unpaired) electrons. The summed E-state index contributed by atoms with van der Waals surface area (Å²) < 4.78 is 15.5. The van der Waals surface area contributed by atoms with Gasteiger partial charge in [-0.05, 0) is 38.5 Å². The van der Waals surface area contributed by atoms with Gasteiger partial charge in [-0.3, -0.25) is 4.79 Å². The number of methoxy groups -OCH3 is 1. The number of benzene rings is 1. The molecule has 1 fully saturated rings. The number of nitrogens with zero attached hydrogens (tertiary/aromatic N) is 1. The van der Waals surface area contributed by atoms with Gasteiger partial charge in [0.2, 0.25) is 6.10 Å². The molecule has 0 N–H and O–H groups in total. The van der Waals surface area contributed by atoms with E-state index in [1.807, 2.05) is 24.3 Å². The summed E-state index contributed by atoms with van der Waals surface area (Å²) >= 11 is 0. The van der Waals surface area contributed by atoms with Crippen molar-refractivity contribution in [3.63, 3.8) is 0 Å². The smallest absolute Gasteiger partial charge is 0.347 e. The van der Waals surface area contributed by atoms with Gasteiger partial charge in [0.15, 0.2) is 0 Å². The number of hydrogen-bond donors (Lipinski definition) is 0. The molecule has 1 atom stereocenters. The van der Waals surface area contributed by atoms with Crippen molar-refractivity contribution in [2.75, 3.05) is 38.3 Å². The SMILES string of the molecule is COC(=O)[C@@H](Cc1ccc(N2CCOCC2)cc1)OC(=O)C(C)(C)C. The van der Waals surface area contributed by atoms with Crippen LogP contribution in [0.4, 0.5) is 5.69 Å². The van der Waals surface area contributed by atoms with E-state index in [2.05, 4.69) is 4.90 Å². The minimum Gasteiger partial charge on any atom is -0.466 e. The second kappa shape index (κ2) is 8.34. The van der Waals surface area contributed by atoms with Crippen LogP contribution in [0.5, 0.6) is 0 Å². The van der Waals surface area contributed by atoms with Crippen LogP contribution in [0.1, 0.15) is 26.3 Å². The van der Waals surface area contributed by atoms with Gasteiger partial charge >= 0.3 is 11.9 Å². The monoisotopic (exact) mass is 349 g/mol. The number of hydrogen-bond acceptors (Lipinski definition) is 6. The minimum atomic E-state index is -0.939. The number of morpholine rings is 1. The normalized spacial score (nSPS) is 16.2. The fourth-order valence-corrected chi connectivity index (χ4v) is 2.49. The van der Waals surface area contributed by atoms with Gasteiger partial charge in [0.25, 0.3) is 0 Å². The van der Waals surface area contributed by atoms with Gasteiger partial charge in [0, 0.05) is 25.2 Å². The van der Waals surface area contributed by atoms with Gasteiger partial charge in [-0.25, -0.2) is 4.79 Å². The van der Waals surface area contributed by atoms with Gasteiger partial charge in [-0.1, -0.05) is 12.1 Å². The number of esters is 2. The van der Waals surface area contributed by atoms with Crippen LogP contribution in [0, 0.1) is 5.41 Å². The Morgan fingerprint density at radius 1 is 1.16 bits per heavy atom. The molecule has 0 saturated carbocycles. The first-order valence-electron chi connectivity index (χ1n) is 8.52. The first-order valence-corrected chi connectivity index (χ1v) is 8.52. The Morgan fingerprint density at radius 3 is 2.28 bits per heavy atom. The minimum absolute atomic E-state index is 0.290. The highest BCUT2D eigenvalue weighted by Crippen LogP contribution is 2.20. The van der Waals surface area contributed by atoms with Gasteiger partial charge in [-0.15, -0.1) is 0 Å². The van der Waals surface area contributed by atoms with Crippen molar-refractivity contribution in [3.8, 4) is 0 Å². The van der Waals surface area contributed by atoms with Crippen molar-refractivity contribution < 1.29 is 23.8 Å². The predicted molar refractivity (Wildman–Crippen MR) is 94.5 cm³/mol. The Morgan fingerprint density at radius 2 is 1.76 bits per heavy atom. The molecule has 6 nitrogen and oxygen atoms in total. The van der Waals surface area contributed by atoms with Crippen molar-refractivity contribution in [2.45, 2.75) is 33.3 Å². The lowest BCUT2D eigenvalue weighted by molar-refractivity contribution is -0.171. The van der Waals surface area contributed by atoms with Crippen molar-refractivity contribution in [2.24, 2.45) is 5.41 Å². The Kier molecular flexibility index (Phi) is 6.42. The summed E-state index contributed by atoms with van der Waals surface area (Å²) in [5.41, 5.74) is 1.36. The Labute approximate surface area is 149 Å². The molecule has 1 aromatic rings. The fourth-order valence-electron chi connectivity index (χ4n) is 2.49. The zero-order chi connectivity index (χ0) is 18.4. The summed E-state index contributed by atoms with van der Waals surface area (Å²) in [4.78, 5) is 26.3. The highest BCUT2D eigenvalue weighted by molar-refractivity contribution is 5.81. The average molecular weight is 349 g/mol. The maximum atomic E-state index is 12.1. The summed E-state index contributed by atoms with van der Waals surface area (Å²) in [6, 6.07) is 7.93. The molecule has 138 valence electrons. The number of ether oxygens (including phenoxy) is 3. The fraction of sp³-hybridized carbons (Fsp3) is 0.579. The first-order chi connectivity index (χ1) is 11.8. The van der Waals surface area contributed by atoms with E-state index < -0.39 is 23.5 Å². The van der Waals surface area contributed by atoms with E-state index in [0.717, 1.165) is 37.6 Å². The molecule has 1 aliphatic rings. The third kappa shape index (κ3) is 5.46. The van der Waals surface area contributed by atoms with Crippen LogP contribution in [0.15, 0.2) is 24.3 Å². The van der Waals surface area contributed by atoms with Crippen LogP contribution in [0.25, 0.3) is 0 Å². The van der Waals surface area contributed by atoms with Crippen molar-refractivity contribution in [1.29, 1.82) is 0 Å². The maximum absolute atomic E-state index is 12.1. The quantitative estimate of drug-likeness (QED) is 0.760. The van der Waals surface area contributed by atoms with Crippen LogP contribution < -0.4 is 4.90 Å². The second-order valence-electron chi connectivity index (χ2n) is 7.14. The predicted octanol–water partition coefficient (Wildman–Crippen LogP) is 2.20. The van der Waals surface area contributed by atoms with Crippen LogP contribution in [0.2, 0.25) is 0 Å². The van der Waals surface area contributed by atoms with Gasteiger partial charge in [-0.2, -0.15) is 0 Å². The summed E-state index contributed by atoms with van der Waals surface area (Å²) in [5, 5.41) is 0. The molecular formula is C19H27NO5. The first kappa shape index (κ1) is 19.2. The molecule has 2 rings (SSSR count). The van der Waals surface area contributed by atoms with E-state index >= 15 is 0 Å². The molecule has 1 saturated heterocycles. The summed E-state index contributed by atoms with van der Waals surface area (Å²) in [6.07, 6.45) is -0.649. The molecule has 0 amide bonds. The lowest BCUT2D eigenvalue weighted by Gasteiger charge is -2.29. The van der Waals surface area contributed by atoms with E-state index in [9.17, 15) is 9.59 Å². The van der Waals surface area contributed by atoms with E-state index in [0.29, 0.717) is 0 Å². The number of anilines is 1. The molecule has 0 bridgehead atoms. The van der Waals surface area contributed by atoms with Gasteiger partial charge in [0.05, 0.1) is 25.7 Å². The highest BCUT2D eigenvalue weighted by Gasteiger charge is 2.30. The molecule has 1 aliphatic heterocycles. The highest BCUT2D eigenvalue weighted by atomic mass is 16.6. The molecule has 0 spiro atoms. The largest absolute Gasteiger partial charge is 0.466 e. The summed E-state index contributed by atoms with van der Waals surface area (Å²) in [5.74, 6) is -0.970. The third-order valence-electron chi connectivity index (χ3n) is 4.06. The van der Waals surface area contributed by atoms with Crippen LogP contribution >= 0.6 is 0 Å². The summed E-state index contributed by atoms with van der Waals surface area (Å²) in [7, 11) is 1.29.